The summed E-state index contributed by atoms with van der Waals surface area (Å²) in [5.41, 5.74) is 0.102. The smallest absolute Gasteiger partial charge is 0.131 e. The molecule has 0 spiro atoms. The van der Waals surface area contributed by atoms with Gasteiger partial charge in [-0.15, -0.1) is 0 Å². The molecular weight excluding hydrogens is 290 g/mol. The van der Waals surface area contributed by atoms with Crippen molar-refractivity contribution in [2.24, 2.45) is 5.92 Å². The van der Waals surface area contributed by atoms with Crippen LogP contribution in [0.25, 0.3) is 0 Å². The number of fused-ring (bicyclic) bond motifs is 1. The lowest BCUT2D eigenvalue weighted by molar-refractivity contribution is 0.167. The van der Waals surface area contributed by atoms with Crippen LogP contribution in [0.15, 0.2) is 30.5 Å². The van der Waals surface area contributed by atoms with E-state index in [4.69, 9.17) is 0 Å². The van der Waals surface area contributed by atoms with E-state index in [0.29, 0.717) is 12.5 Å². The van der Waals surface area contributed by atoms with E-state index in [0.717, 1.165) is 31.0 Å². The predicted molar refractivity (Wildman–Crippen MR) is 78.4 cm³/mol. The molecular formula is C15H18F2N4O. The molecule has 1 aromatic heterocycles. The minimum absolute atomic E-state index is 0.102. The van der Waals surface area contributed by atoms with Crippen LogP contribution in [-0.2, 0) is 6.54 Å². The lowest BCUT2D eigenvalue weighted by Crippen LogP contribution is -2.36. The van der Waals surface area contributed by atoms with Gasteiger partial charge in [0.1, 0.15) is 17.5 Å². The summed E-state index contributed by atoms with van der Waals surface area (Å²) < 4.78 is 28.3. The Morgan fingerprint density at radius 2 is 2.27 bits per heavy atom. The van der Waals surface area contributed by atoms with Crippen molar-refractivity contribution in [2.75, 3.05) is 25.0 Å². The van der Waals surface area contributed by atoms with Gasteiger partial charge in [-0.3, -0.25) is 0 Å². The Balaban J connectivity index is 1.49. The number of halogens is 2. The summed E-state index contributed by atoms with van der Waals surface area (Å²) in [5, 5.41) is 20.6. The first kappa shape index (κ1) is 14.9. The number of hydrogen-bond donors (Lipinski definition) is 3. The molecule has 0 aliphatic carbocycles. The number of aliphatic hydroxyl groups excluding tert-OH is 1. The minimum atomic E-state index is -1.00. The van der Waals surface area contributed by atoms with Crippen LogP contribution >= 0.6 is 0 Å². The van der Waals surface area contributed by atoms with Crippen LogP contribution in [0.1, 0.15) is 11.7 Å². The van der Waals surface area contributed by atoms with Crippen LogP contribution < -0.4 is 10.6 Å². The summed E-state index contributed by atoms with van der Waals surface area (Å²) in [4.78, 5) is 0. The van der Waals surface area contributed by atoms with Gasteiger partial charge in [-0.1, -0.05) is 6.07 Å². The highest BCUT2D eigenvalue weighted by molar-refractivity contribution is 5.35. The highest BCUT2D eigenvalue weighted by atomic mass is 19.1. The van der Waals surface area contributed by atoms with Crippen molar-refractivity contribution < 1.29 is 13.9 Å². The molecule has 7 heteroatoms. The average molecular weight is 308 g/mol. The molecule has 1 aliphatic heterocycles. The monoisotopic (exact) mass is 308 g/mol. The maximum Gasteiger partial charge on any atom is 0.131 e. The fraction of sp³-hybridized carbons (Fsp3) is 0.400. The largest absolute Gasteiger partial charge is 0.387 e. The maximum atomic E-state index is 13.6. The number of aromatic nitrogens is 2. The highest BCUT2D eigenvalue weighted by Gasteiger charge is 2.19. The van der Waals surface area contributed by atoms with Crippen LogP contribution in [0.5, 0.6) is 0 Å². The topological polar surface area (TPSA) is 62.1 Å². The van der Waals surface area contributed by atoms with Crippen LogP contribution in [-0.4, -0.2) is 34.5 Å². The average Bonchev–Trinajstić information content (AvgIpc) is 2.94. The first-order valence-electron chi connectivity index (χ1n) is 7.23. The van der Waals surface area contributed by atoms with Gasteiger partial charge >= 0.3 is 0 Å². The number of benzene rings is 1. The molecule has 22 heavy (non-hydrogen) atoms. The molecule has 0 radical (unpaired) electrons. The van der Waals surface area contributed by atoms with E-state index in [1.165, 1.54) is 6.07 Å². The van der Waals surface area contributed by atoms with E-state index in [1.807, 2.05) is 10.7 Å². The van der Waals surface area contributed by atoms with Gasteiger partial charge in [-0.05, 0) is 6.07 Å². The molecule has 1 aliphatic rings. The molecule has 0 amide bonds. The number of nitrogens with zero attached hydrogens (tertiary/aromatic N) is 2. The third-order valence-corrected chi connectivity index (χ3v) is 3.81. The van der Waals surface area contributed by atoms with Crippen molar-refractivity contribution in [2.45, 2.75) is 12.6 Å². The Labute approximate surface area is 127 Å². The summed E-state index contributed by atoms with van der Waals surface area (Å²) >= 11 is 0. The predicted octanol–water partition coefficient (Wildman–Crippen LogP) is 1.53. The number of nitrogens with one attached hydrogen (secondary N) is 2. The van der Waals surface area contributed by atoms with Gasteiger partial charge in [-0.25, -0.2) is 13.5 Å². The highest BCUT2D eigenvalue weighted by Crippen LogP contribution is 2.18. The Bertz CT molecular complexity index is 646. The normalized spacial score (nSPS) is 18.6. The van der Waals surface area contributed by atoms with Crippen molar-refractivity contribution in [1.29, 1.82) is 0 Å². The maximum absolute atomic E-state index is 13.6. The second-order valence-electron chi connectivity index (χ2n) is 5.49. The van der Waals surface area contributed by atoms with Gasteiger partial charge in [-0.2, -0.15) is 5.10 Å². The summed E-state index contributed by atoms with van der Waals surface area (Å²) in [6, 6.07) is 5.12. The minimum Gasteiger partial charge on any atom is -0.387 e. The van der Waals surface area contributed by atoms with Crippen LogP contribution in [0.2, 0.25) is 0 Å². The molecule has 118 valence electrons. The van der Waals surface area contributed by atoms with Crippen LogP contribution in [0.4, 0.5) is 14.6 Å². The van der Waals surface area contributed by atoms with Crippen molar-refractivity contribution in [3.05, 3.63) is 47.7 Å². The SMILES string of the molecule is OC(CNCC1CNc2ccnn2C1)c1ccc(F)cc1F. The fourth-order valence-corrected chi connectivity index (χ4v) is 2.63. The van der Waals surface area contributed by atoms with E-state index in [1.54, 1.807) is 6.20 Å². The van der Waals surface area contributed by atoms with E-state index < -0.39 is 17.7 Å². The van der Waals surface area contributed by atoms with Gasteiger partial charge in [0.25, 0.3) is 0 Å². The lowest BCUT2D eigenvalue weighted by Gasteiger charge is -2.25. The van der Waals surface area contributed by atoms with E-state index in [9.17, 15) is 13.9 Å². The summed E-state index contributed by atoms with van der Waals surface area (Å²) in [5.74, 6) is -0.0399. The van der Waals surface area contributed by atoms with E-state index >= 15 is 0 Å². The molecule has 0 saturated heterocycles. The first-order valence-corrected chi connectivity index (χ1v) is 7.23. The Morgan fingerprint density at radius 3 is 3.09 bits per heavy atom. The van der Waals surface area contributed by atoms with E-state index in [-0.39, 0.29) is 12.1 Å². The van der Waals surface area contributed by atoms with Gasteiger partial charge in [0.2, 0.25) is 0 Å². The summed E-state index contributed by atoms with van der Waals surface area (Å²) in [6.45, 7) is 2.50. The standard InChI is InChI=1S/C15H18F2N4O/c16-11-1-2-12(13(17)5-11)14(22)8-18-6-10-7-19-15-3-4-20-21(15)9-10/h1-5,10,14,18-19,22H,6-9H2. The Hall–Kier alpha value is -1.99. The number of hydrogen-bond acceptors (Lipinski definition) is 4. The van der Waals surface area contributed by atoms with Crippen LogP contribution in [0, 0.1) is 17.6 Å². The summed E-state index contributed by atoms with van der Waals surface area (Å²) in [7, 11) is 0. The molecule has 1 aromatic carbocycles. The zero-order valence-corrected chi connectivity index (χ0v) is 12.0. The van der Waals surface area contributed by atoms with Gasteiger partial charge < -0.3 is 15.7 Å². The van der Waals surface area contributed by atoms with Crippen molar-refractivity contribution >= 4 is 5.82 Å². The number of anilines is 1. The quantitative estimate of drug-likeness (QED) is 0.784. The fourth-order valence-electron chi connectivity index (χ4n) is 2.63. The molecule has 2 aromatic rings. The second-order valence-corrected chi connectivity index (χ2v) is 5.49. The molecule has 5 nitrogen and oxygen atoms in total. The lowest BCUT2D eigenvalue weighted by atomic mass is 10.1. The van der Waals surface area contributed by atoms with Crippen molar-refractivity contribution in [3.63, 3.8) is 0 Å². The molecule has 2 heterocycles. The first-order chi connectivity index (χ1) is 10.6. The van der Waals surface area contributed by atoms with E-state index in [2.05, 4.69) is 15.7 Å². The zero-order chi connectivity index (χ0) is 15.5. The molecule has 0 fully saturated rings. The third-order valence-electron chi connectivity index (χ3n) is 3.81. The molecule has 0 bridgehead atoms. The number of rotatable bonds is 5. The second kappa shape index (κ2) is 6.41. The molecule has 0 saturated carbocycles. The third kappa shape index (κ3) is 3.26. The molecule has 3 N–H and O–H groups in total. The molecule has 2 atom stereocenters. The zero-order valence-electron chi connectivity index (χ0n) is 12.0. The van der Waals surface area contributed by atoms with Gasteiger partial charge in [0.15, 0.2) is 0 Å². The summed E-state index contributed by atoms with van der Waals surface area (Å²) in [6.07, 6.45) is 0.747. The molecule has 2 unspecified atom stereocenters. The van der Waals surface area contributed by atoms with Crippen molar-refractivity contribution in [1.82, 2.24) is 15.1 Å². The van der Waals surface area contributed by atoms with Gasteiger partial charge in [0.05, 0.1) is 12.3 Å². The van der Waals surface area contributed by atoms with Gasteiger partial charge in [0, 0.05) is 49.8 Å². The van der Waals surface area contributed by atoms with Crippen LogP contribution in [0.3, 0.4) is 0 Å². The number of aliphatic hydroxyl groups is 1. The van der Waals surface area contributed by atoms with Crippen molar-refractivity contribution in [3.8, 4) is 0 Å². The molecule has 3 rings (SSSR count). The Kier molecular flexibility index (Phi) is 4.35. The Morgan fingerprint density at radius 1 is 1.41 bits per heavy atom.